The number of halogens is 1. The monoisotopic (exact) mass is 420 g/mol. The smallest absolute Gasteiger partial charge is 0.175 e. The molecule has 0 bridgehead atoms. The minimum Gasteiger partial charge on any atom is -0.493 e. The van der Waals surface area contributed by atoms with Gasteiger partial charge < -0.3 is 19.7 Å². The number of aryl methyl sites for hydroxylation is 1. The minimum absolute atomic E-state index is 0.513. The maximum absolute atomic E-state index is 6.03. The fourth-order valence-corrected chi connectivity index (χ4v) is 3.33. The van der Waals surface area contributed by atoms with Crippen molar-refractivity contribution in [3.05, 3.63) is 57.6 Å². The van der Waals surface area contributed by atoms with Crippen LogP contribution >= 0.6 is 15.9 Å². The highest BCUT2D eigenvalue weighted by molar-refractivity contribution is 9.10. The maximum Gasteiger partial charge on any atom is 0.175 e. The number of nitrogens with zero attached hydrogens (tertiary/aromatic N) is 1. The fraction of sp³-hybridized carbons (Fsp3) is 0.429. The molecule has 0 aliphatic heterocycles. The van der Waals surface area contributed by atoms with Crippen molar-refractivity contribution >= 4 is 15.9 Å². The summed E-state index contributed by atoms with van der Waals surface area (Å²) in [5, 5.41) is 3.48. The van der Waals surface area contributed by atoms with Crippen molar-refractivity contribution in [1.82, 2.24) is 10.2 Å². The number of hydrogen-bond acceptors (Lipinski definition) is 4. The number of hydrogen-bond donors (Lipinski definition) is 1. The summed E-state index contributed by atoms with van der Waals surface area (Å²) in [5.74, 6) is 1.49. The summed E-state index contributed by atoms with van der Waals surface area (Å²) in [4.78, 5) is 2.20. The molecule has 4 nitrogen and oxygen atoms in total. The van der Waals surface area contributed by atoms with Gasteiger partial charge in [-0.3, -0.25) is 0 Å². The lowest BCUT2D eigenvalue weighted by atomic mass is 10.1. The maximum atomic E-state index is 6.03. The summed E-state index contributed by atoms with van der Waals surface area (Å²) in [6.45, 7) is 5.48. The highest BCUT2D eigenvalue weighted by Crippen LogP contribution is 2.37. The van der Waals surface area contributed by atoms with Crippen LogP contribution in [0.15, 0.2) is 40.9 Å². The van der Waals surface area contributed by atoms with Crippen LogP contribution < -0.4 is 14.8 Å². The van der Waals surface area contributed by atoms with Crippen LogP contribution in [0, 0.1) is 6.92 Å². The first-order valence-corrected chi connectivity index (χ1v) is 9.69. The van der Waals surface area contributed by atoms with Crippen LogP contribution in [0.1, 0.15) is 23.1 Å². The van der Waals surface area contributed by atoms with Gasteiger partial charge >= 0.3 is 0 Å². The summed E-state index contributed by atoms with van der Waals surface area (Å²) in [6.07, 6.45) is 1.13. The Labute approximate surface area is 165 Å². The lowest BCUT2D eigenvalue weighted by molar-refractivity contribution is 0.282. The van der Waals surface area contributed by atoms with E-state index in [2.05, 4.69) is 71.4 Å². The topological polar surface area (TPSA) is 33.7 Å². The van der Waals surface area contributed by atoms with Crippen LogP contribution in [0.5, 0.6) is 11.5 Å². The molecule has 26 heavy (non-hydrogen) atoms. The van der Waals surface area contributed by atoms with E-state index >= 15 is 0 Å². The number of ether oxygens (including phenoxy) is 2. The molecule has 0 spiro atoms. The van der Waals surface area contributed by atoms with Crippen molar-refractivity contribution in [1.29, 1.82) is 0 Å². The standard InChI is InChI=1S/C21H29BrN2O2/c1-16-7-5-8-17(11-16)15-26-21-19(22)12-18(13-20(21)25-4)14-23-9-6-10-24(2)3/h5,7-8,11-13,23H,6,9-10,14-15H2,1-4H3. The molecule has 0 aromatic heterocycles. The van der Waals surface area contributed by atoms with E-state index in [0.717, 1.165) is 47.6 Å². The van der Waals surface area contributed by atoms with Crippen molar-refractivity contribution in [2.45, 2.75) is 26.5 Å². The zero-order chi connectivity index (χ0) is 18.9. The number of methoxy groups -OCH3 is 1. The molecule has 0 saturated heterocycles. The van der Waals surface area contributed by atoms with Gasteiger partial charge in [0.1, 0.15) is 6.61 Å². The Kier molecular flexibility index (Phi) is 8.42. The largest absolute Gasteiger partial charge is 0.493 e. The zero-order valence-electron chi connectivity index (χ0n) is 16.1. The van der Waals surface area contributed by atoms with Gasteiger partial charge in [0.2, 0.25) is 0 Å². The number of benzene rings is 2. The Balaban J connectivity index is 1.97. The van der Waals surface area contributed by atoms with Crippen LogP contribution in [0.4, 0.5) is 0 Å². The third-order valence-electron chi connectivity index (χ3n) is 4.04. The molecule has 0 amide bonds. The van der Waals surface area contributed by atoms with Gasteiger partial charge in [-0.05, 0) is 79.7 Å². The lowest BCUT2D eigenvalue weighted by Crippen LogP contribution is -2.21. The van der Waals surface area contributed by atoms with Crippen LogP contribution in [0.2, 0.25) is 0 Å². The second kappa shape index (κ2) is 10.6. The van der Waals surface area contributed by atoms with Crippen LogP contribution in [-0.4, -0.2) is 39.2 Å². The molecule has 0 aliphatic carbocycles. The van der Waals surface area contributed by atoms with E-state index in [9.17, 15) is 0 Å². The van der Waals surface area contributed by atoms with Gasteiger partial charge in [0, 0.05) is 6.54 Å². The molecule has 5 heteroatoms. The lowest BCUT2D eigenvalue weighted by Gasteiger charge is -2.15. The van der Waals surface area contributed by atoms with Crippen LogP contribution in [0.3, 0.4) is 0 Å². The molecular formula is C21H29BrN2O2. The Morgan fingerprint density at radius 3 is 2.62 bits per heavy atom. The molecule has 1 N–H and O–H groups in total. The third-order valence-corrected chi connectivity index (χ3v) is 4.63. The van der Waals surface area contributed by atoms with Crippen LogP contribution in [-0.2, 0) is 13.2 Å². The first-order valence-electron chi connectivity index (χ1n) is 8.90. The molecular weight excluding hydrogens is 392 g/mol. The van der Waals surface area contributed by atoms with E-state index in [1.54, 1.807) is 7.11 Å². The Bertz CT molecular complexity index is 704. The average molecular weight is 421 g/mol. The van der Waals surface area contributed by atoms with Crippen LogP contribution in [0.25, 0.3) is 0 Å². The molecule has 2 aromatic carbocycles. The zero-order valence-corrected chi connectivity index (χ0v) is 17.7. The van der Waals surface area contributed by atoms with Crippen molar-refractivity contribution in [3.63, 3.8) is 0 Å². The number of rotatable bonds is 10. The predicted molar refractivity (Wildman–Crippen MR) is 111 cm³/mol. The first kappa shape index (κ1) is 20.7. The van der Waals surface area contributed by atoms with Gasteiger partial charge in [-0.25, -0.2) is 0 Å². The molecule has 142 valence electrons. The molecule has 2 rings (SSSR count). The van der Waals surface area contributed by atoms with Crippen molar-refractivity contribution < 1.29 is 9.47 Å². The SMILES string of the molecule is COc1cc(CNCCCN(C)C)cc(Br)c1OCc1cccc(C)c1. The Morgan fingerprint density at radius 1 is 1.12 bits per heavy atom. The number of nitrogens with one attached hydrogen (secondary N) is 1. The fourth-order valence-electron chi connectivity index (χ4n) is 2.73. The molecule has 0 fully saturated rings. The third kappa shape index (κ3) is 6.63. The molecule has 0 heterocycles. The van der Waals surface area contributed by atoms with Gasteiger partial charge in [-0.15, -0.1) is 0 Å². The summed E-state index contributed by atoms with van der Waals surface area (Å²) < 4.78 is 12.5. The second-order valence-electron chi connectivity index (χ2n) is 6.72. The first-order chi connectivity index (χ1) is 12.5. The molecule has 2 aromatic rings. The second-order valence-corrected chi connectivity index (χ2v) is 7.57. The Morgan fingerprint density at radius 2 is 1.92 bits per heavy atom. The van der Waals surface area contributed by atoms with Crippen molar-refractivity contribution in [3.8, 4) is 11.5 Å². The van der Waals surface area contributed by atoms with E-state index < -0.39 is 0 Å². The molecule has 0 saturated carbocycles. The van der Waals surface area contributed by atoms with Gasteiger partial charge in [0.15, 0.2) is 11.5 Å². The molecule has 0 unspecified atom stereocenters. The molecule has 0 aliphatic rings. The van der Waals surface area contributed by atoms with E-state index in [4.69, 9.17) is 9.47 Å². The van der Waals surface area contributed by atoms with Gasteiger partial charge in [-0.2, -0.15) is 0 Å². The summed E-state index contributed by atoms with van der Waals surface area (Å²) >= 11 is 3.63. The predicted octanol–water partition coefficient (Wildman–Crippen LogP) is 4.39. The van der Waals surface area contributed by atoms with E-state index in [1.165, 1.54) is 11.1 Å². The Hall–Kier alpha value is -1.56. The van der Waals surface area contributed by atoms with Gasteiger partial charge in [0.25, 0.3) is 0 Å². The van der Waals surface area contributed by atoms with Gasteiger partial charge in [0.05, 0.1) is 11.6 Å². The van der Waals surface area contributed by atoms with E-state index in [-0.39, 0.29) is 0 Å². The summed E-state index contributed by atoms with van der Waals surface area (Å²) in [6, 6.07) is 12.5. The van der Waals surface area contributed by atoms with Gasteiger partial charge in [-0.1, -0.05) is 29.8 Å². The minimum atomic E-state index is 0.513. The summed E-state index contributed by atoms with van der Waals surface area (Å²) in [5.41, 5.74) is 3.54. The average Bonchev–Trinajstić information content (AvgIpc) is 2.60. The van der Waals surface area contributed by atoms with E-state index in [0.29, 0.717) is 6.61 Å². The highest BCUT2D eigenvalue weighted by Gasteiger charge is 2.12. The summed E-state index contributed by atoms with van der Waals surface area (Å²) in [7, 11) is 5.87. The quantitative estimate of drug-likeness (QED) is 0.577. The van der Waals surface area contributed by atoms with Crippen molar-refractivity contribution in [2.24, 2.45) is 0 Å². The van der Waals surface area contributed by atoms with Crippen molar-refractivity contribution in [2.75, 3.05) is 34.3 Å². The molecule has 0 radical (unpaired) electrons. The normalized spacial score (nSPS) is 11.0. The highest BCUT2D eigenvalue weighted by atomic mass is 79.9. The van der Waals surface area contributed by atoms with E-state index in [1.807, 2.05) is 12.1 Å². The molecule has 0 atom stereocenters.